The number of anilines is 1. The van der Waals surface area contributed by atoms with E-state index in [0.29, 0.717) is 5.69 Å². The number of hydrogen-bond donors (Lipinski definition) is 1. The first-order valence-electron chi connectivity index (χ1n) is 8.39. The lowest BCUT2D eigenvalue weighted by Crippen LogP contribution is -2.42. The highest BCUT2D eigenvalue weighted by Gasteiger charge is 2.38. The van der Waals surface area contributed by atoms with E-state index >= 15 is 0 Å². The molecule has 7 nitrogen and oxygen atoms in total. The third-order valence-electron chi connectivity index (χ3n) is 4.10. The zero-order valence-electron chi connectivity index (χ0n) is 14.8. The summed E-state index contributed by atoms with van der Waals surface area (Å²) in [6.45, 7) is 3.01. The van der Waals surface area contributed by atoms with Crippen molar-refractivity contribution in [1.29, 1.82) is 0 Å². The predicted octanol–water partition coefficient (Wildman–Crippen LogP) is 3.16. The first-order valence-corrected chi connectivity index (χ1v) is 8.39. The molecule has 3 aromatic rings. The number of rotatable bonds is 3. The van der Waals surface area contributed by atoms with Gasteiger partial charge in [0.15, 0.2) is 5.57 Å². The topological polar surface area (TPSA) is 82.5 Å². The fraction of sp³-hybridized carbons (Fsp3) is 0.150. The van der Waals surface area contributed by atoms with E-state index in [1.165, 1.54) is 20.0 Å². The van der Waals surface area contributed by atoms with Gasteiger partial charge in [-0.15, -0.1) is 0 Å². The molecule has 0 spiro atoms. The van der Waals surface area contributed by atoms with Crippen LogP contribution in [0.1, 0.15) is 13.8 Å². The first-order chi connectivity index (χ1) is 12.9. The zero-order valence-corrected chi connectivity index (χ0v) is 14.8. The molecule has 0 unspecified atom stereocenters. The van der Waals surface area contributed by atoms with E-state index in [-0.39, 0.29) is 5.57 Å². The molecule has 1 N–H and O–H groups in total. The molecule has 1 fully saturated rings. The smallest absolute Gasteiger partial charge is 0.350 e. The monoisotopic (exact) mass is 363 g/mol. The lowest BCUT2D eigenvalue weighted by molar-refractivity contribution is -0.222. The molecule has 1 aliphatic rings. The Labute approximate surface area is 155 Å². The lowest BCUT2D eigenvalue weighted by Gasteiger charge is -2.29. The standard InChI is InChI=1S/C20H17N3O4/c1-20(2)26-18(24)15(19(25)27-20)11-21-13-7-9-14(10-8-13)23-12-22-16-5-3-4-6-17(16)23/h3-12,21H,1-2H3. The molecular formula is C20H17N3O4. The van der Waals surface area contributed by atoms with Gasteiger partial charge < -0.3 is 14.8 Å². The van der Waals surface area contributed by atoms with Crippen LogP contribution in [0.5, 0.6) is 0 Å². The van der Waals surface area contributed by atoms with E-state index in [9.17, 15) is 9.59 Å². The van der Waals surface area contributed by atoms with Crippen LogP contribution in [0.25, 0.3) is 16.7 Å². The number of esters is 2. The van der Waals surface area contributed by atoms with Gasteiger partial charge in [-0.3, -0.25) is 4.57 Å². The van der Waals surface area contributed by atoms with Gasteiger partial charge in [0.25, 0.3) is 5.79 Å². The maximum atomic E-state index is 11.9. The van der Waals surface area contributed by atoms with Crippen LogP contribution in [0.15, 0.2) is 66.6 Å². The predicted molar refractivity (Wildman–Crippen MR) is 99.0 cm³/mol. The van der Waals surface area contributed by atoms with Crippen molar-refractivity contribution in [2.45, 2.75) is 19.6 Å². The van der Waals surface area contributed by atoms with Gasteiger partial charge in [-0.2, -0.15) is 0 Å². The number of benzene rings is 2. The van der Waals surface area contributed by atoms with Crippen LogP contribution in [0, 0.1) is 0 Å². The Balaban J connectivity index is 1.53. The van der Waals surface area contributed by atoms with Crippen LogP contribution in [-0.2, 0) is 19.1 Å². The number of fused-ring (bicyclic) bond motifs is 1. The molecule has 7 heteroatoms. The summed E-state index contributed by atoms with van der Waals surface area (Å²) in [5.74, 6) is -2.68. The van der Waals surface area contributed by atoms with E-state index < -0.39 is 17.7 Å². The van der Waals surface area contributed by atoms with Crippen molar-refractivity contribution in [2.24, 2.45) is 0 Å². The number of imidazole rings is 1. The molecule has 4 rings (SSSR count). The van der Waals surface area contributed by atoms with Gasteiger partial charge in [0.2, 0.25) is 0 Å². The Hall–Kier alpha value is -3.61. The Morgan fingerprint density at radius 1 is 1.00 bits per heavy atom. The van der Waals surface area contributed by atoms with Gasteiger partial charge in [0.05, 0.1) is 11.0 Å². The van der Waals surface area contributed by atoms with Crippen LogP contribution in [0.2, 0.25) is 0 Å². The van der Waals surface area contributed by atoms with E-state index in [0.717, 1.165) is 16.7 Å². The van der Waals surface area contributed by atoms with Crippen LogP contribution in [0.4, 0.5) is 5.69 Å². The molecule has 0 amide bonds. The molecular weight excluding hydrogens is 346 g/mol. The second kappa shape index (κ2) is 6.28. The molecule has 0 atom stereocenters. The van der Waals surface area contributed by atoms with Crippen molar-refractivity contribution < 1.29 is 19.1 Å². The minimum absolute atomic E-state index is 0.181. The summed E-state index contributed by atoms with van der Waals surface area (Å²) in [5, 5.41) is 2.92. The average Bonchev–Trinajstić information content (AvgIpc) is 3.05. The normalized spacial score (nSPS) is 16.0. The summed E-state index contributed by atoms with van der Waals surface area (Å²) in [5.41, 5.74) is 3.40. The fourth-order valence-corrected chi connectivity index (χ4v) is 2.82. The summed E-state index contributed by atoms with van der Waals surface area (Å²) in [4.78, 5) is 28.2. The molecule has 136 valence electrons. The van der Waals surface area contributed by atoms with Crippen LogP contribution in [-0.4, -0.2) is 27.3 Å². The molecule has 1 aliphatic heterocycles. The van der Waals surface area contributed by atoms with Gasteiger partial charge in [0.1, 0.15) is 6.33 Å². The molecule has 27 heavy (non-hydrogen) atoms. The second-order valence-electron chi connectivity index (χ2n) is 6.53. The van der Waals surface area contributed by atoms with Gasteiger partial charge in [-0.1, -0.05) is 12.1 Å². The van der Waals surface area contributed by atoms with Crippen molar-refractivity contribution >= 4 is 28.7 Å². The van der Waals surface area contributed by atoms with Crippen molar-refractivity contribution in [3.63, 3.8) is 0 Å². The molecule has 0 aliphatic carbocycles. The Kier molecular flexibility index (Phi) is 3.92. The fourth-order valence-electron chi connectivity index (χ4n) is 2.82. The molecule has 1 aromatic heterocycles. The molecule has 0 saturated carbocycles. The van der Waals surface area contributed by atoms with Crippen molar-refractivity contribution in [2.75, 3.05) is 5.32 Å². The molecule has 1 saturated heterocycles. The van der Waals surface area contributed by atoms with Gasteiger partial charge >= 0.3 is 11.9 Å². The highest BCUT2D eigenvalue weighted by atomic mass is 16.7. The van der Waals surface area contributed by atoms with E-state index in [2.05, 4.69) is 10.3 Å². The van der Waals surface area contributed by atoms with Gasteiger partial charge in [0, 0.05) is 31.4 Å². The Morgan fingerprint density at radius 3 is 2.37 bits per heavy atom. The molecule has 0 bridgehead atoms. The number of para-hydroxylation sites is 2. The number of carbonyl (C=O) groups is 2. The van der Waals surface area contributed by atoms with Crippen molar-refractivity contribution in [3.05, 3.63) is 66.6 Å². The van der Waals surface area contributed by atoms with Crippen molar-refractivity contribution in [1.82, 2.24) is 9.55 Å². The summed E-state index contributed by atoms with van der Waals surface area (Å²) < 4.78 is 12.1. The zero-order chi connectivity index (χ0) is 19.0. The maximum Gasteiger partial charge on any atom is 0.350 e. The van der Waals surface area contributed by atoms with Crippen LogP contribution in [0.3, 0.4) is 0 Å². The number of carbonyl (C=O) groups excluding carboxylic acids is 2. The number of nitrogens with one attached hydrogen (secondary N) is 1. The second-order valence-corrected chi connectivity index (χ2v) is 6.53. The largest absolute Gasteiger partial charge is 0.419 e. The number of aromatic nitrogens is 2. The quantitative estimate of drug-likeness (QED) is 0.437. The number of cyclic esters (lactones) is 2. The van der Waals surface area contributed by atoms with E-state index in [4.69, 9.17) is 9.47 Å². The van der Waals surface area contributed by atoms with Crippen LogP contribution >= 0.6 is 0 Å². The third-order valence-corrected chi connectivity index (χ3v) is 4.10. The minimum atomic E-state index is -1.25. The lowest BCUT2D eigenvalue weighted by atomic mass is 10.2. The van der Waals surface area contributed by atoms with Gasteiger partial charge in [-0.25, -0.2) is 14.6 Å². The highest BCUT2D eigenvalue weighted by Crippen LogP contribution is 2.23. The summed E-state index contributed by atoms with van der Waals surface area (Å²) >= 11 is 0. The maximum absolute atomic E-state index is 11.9. The summed E-state index contributed by atoms with van der Waals surface area (Å²) in [7, 11) is 0. The number of ether oxygens (including phenoxy) is 2. The average molecular weight is 363 g/mol. The number of hydrogen-bond acceptors (Lipinski definition) is 6. The number of nitrogens with zero attached hydrogens (tertiary/aromatic N) is 2. The van der Waals surface area contributed by atoms with E-state index in [1.807, 2.05) is 53.1 Å². The third kappa shape index (κ3) is 3.27. The molecule has 2 aromatic carbocycles. The Bertz CT molecular complexity index is 1040. The van der Waals surface area contributed by atoms with Crippen molar-refractivity contribution in [3.8, 4) is 5.69 Å². The Morgan fingerprint density at radius 2 is 1.67 bits per heavy atom. The SMILES string of the molecule is CC1(C)OC(=O)C(=CNc2ccc(-n3cnc4ccccc43)cc2)C(=O)O1. The minimum Gasteiger partial charge on any atom is -0.419 e. The summed E-state index contributed by atoms with van der Waals surface area (Å²) in [6.07, 6.45) is 3.06. The first kappa shape index (κ1) is 16.8. The summed E-state index contributed by atoms with van der Waals surface area (Å²) in [6, 6.07) is 15.4. The molecule has 2 heterocycles. The van der Waals surface area contributed by atoms with Gasteiger partial charge in [-0.05, 0) is 36.4 Å². The van der Waals surface area contributed by atoms with Crippen LogP contribution < -0.4 is 5.32 Å². The van der Waals surface area contributed by atoms with E-state index in [1.54, 1.807) is 6.33 Å². The highest BCUT2D eigenvalue weighted by molar-refractivity contribution is 6.15. The molecule has 0 radical (unpaired) electrons.